The highest BCUT2D eigenvalue weighted by atomic mass is 14.9. The van der Waals surface area contributed by atoms with Crippen LogP contribution in [0.1, 0.15) is 0 Å². The lowest BCUT2D eigenvalue weighted by atomic mass is 10.0. The van der Waals surface area contributed by atoms with Gasteiger partial charge < -0.3 is 9.97 Å². The normalized spacial score (nSPS) is 12.1. The van der Waals surface area contributed by atoms with E-state index in [2.05, 4.69) is 39.2 Å². The van der Waals surface area contributed by atoms with E-state index in [0.29, 0.717) is 0 Å². The maximum Gasteiger partial charge on any atom is 0.116 e. The number of hydrogen-bond acceptors (Lipinski definition) is 7. The summed E-state index contributed by atoms with van der Waals surface area (Å²) < 4.78 is 0. The molecular formula is C35H19N9. The molecular weight excluding hydrogens is 546 g/mol. The first-order chi connectivity index (χ1) is 21.8. The van der Waals surface area contributed by atoms with E-state index in [-0.39, 0.29) is 0 Å². The highest BCUT2D eigenvalue weighted by Gasteiger charge is 2.20. The van der Waals surface area contributed by atoms with Gasteiger partial charge in [-0.1, -0.05) is 12.1 Å². The average molecular weight is 566 g/mol. The number of H-pyrrole nitrogens is 2. The van der Waals surface area contributed by atoms with Crippen LogP contribution in [0, 0.1) is 0 Å². The maximum absolute atomic E-state index is 4.85. The Hall–Kier alpha value is -6.35. The lowest BCUT2D eigenvalue weighted by Crippen LogP contribution is -1.90. The van der Waals surface area contributed by atoms with E-state index in [1.807, 2.05) is 73.6 Å². The first-order valence-corrected chi connectivity index (χ1v) is 14.2. The molecule has 44 heavy (non-hydrogen) atoms. The highest BCUT2D eigenvalue weighted by molar-refractivity contribution is 6.15. The molecule has 8 heterocycles. The molecule has 0 saturated heterocycles. The predicted molar refractivity (Wildman–Crippen MR) is 170 cm³/mol. The van der Waals surface area contributed by atoms with Crippen molar-refractivity contribution in [1.29, 1.82) is 0 Å². The Morgan fingerprint density at radius 3 is 1.45 bits per heavy atom. The molecule has 0 fully saturated rings. The van der Waals surface area contributed by atoms with Crippen LogP contribution in [0.15, 0.2) is 104 Å². The molecule has 0 unspecified atom stereocenters. The highest BCUT2D eigenvalue weighted by Crippen LogP contribution is 2.39. The molecule has 2 N–H and O–H groups in total. The number of fused-ring (bicyclic) bond motifs is 1. The fraction of sp³-hybridized carbons (Fsp3) is 0. The zero-order valence-electron chi connectivity index (χ0n) is 22.9. The number of aromatic amines is 2. The van der Waals surface area contributed by atoms with E-state index >= 15 is 0 Å². The molecule has 9 nitrogen and oxygen atoms in total. The number of aromatic nitrogens is 9. The summed E-state index contributed by atoms with van der Waals surface area (Å²) >= 11 is 0. The standard InChI is InChI=1S/C35H19N9/c1-5-24-28-18(1)9-11-37-34(28)32(43-24)26-7-3-20(13-39-26)30-22-15-36-16-23(22)31(42-17-41-30)21-4-8-27(40-14-21)33-35-29-19(10-12-38-35)2-6-25(29)44-33/h1-17,37-38H. The molecule has 204 valence electrons. The molecule has 8 aromatic rings. The summed E-state index contributed by atoms with van der Waals surface area (Å²) in [6.45, 7) is 0. The summed E-state index contributed by atoms with van der Waals surface area (Å²) in [5.41, 5.74) is 12.2. The molecule has 0 saturated carbocycles. The van der Waals surface area contributed by atoms with Crippen molar-refractivity contribution in [3.63, 3.8) is 0 Å². The molecule has 2 aromatic carbocycles. The zero-order valence-corrected chi connectivity index (χ0v) is 22.9. The van der Waals surface area contributed by atoms with E-state index in [1.165, 1.54) is 10.8 Å². The molecule has 0 radical (unpaired) electrons. The lowest BCUT2D eigenvalue weighted by Gasteiger charge is -2.06. The third kappa shape index (κ3) is 3.20. The molecule has 0 aliphatic carbocycles. The number of hydrogen-bond donors (Lipinski definition) is 2. The monoisotopic (exact) mass is 565 g/mol. The SMILES string of the molecule is c1nc(-c2ccc(-c3nc4ccc5cc[nH]c3c54)nc2)c2cncc-2c(-c2ccc(-c3nc4ccc5cc[nH]c3c54)nc2)n1. The third-order valence-electron chi connectivity index (χ3n) is 8.49. The Balaban J connectivity index is 1.00. The van der Waals surface area contributed by atoms with E-state index < -0.39 is 0 Å². The van der Waals surface area contributed by atoms with Crippen LogP contribution in [0.2, 0.25) is 0 Å². The Morgan fingerprint density at radius 2 is 0.977 bits per heavy atom. The largest absolute Gasteiger partial charge is 0.359 e. The summed E-state index contributed by atoms with van der Waals surface area (Å²) in [7, 11) is 0. The topological polar surface area (TPSA) is 122 Å². The molecule has 0 spiro atoms. The zero-order chi connectivity index (χ0) is 28.8. The van der Waals surface area contributed by atoms with Gasteiger partial charge in [-0.15, -0.1) is 0 Å². The lowest BCUT2D eigenvalue weighted by molar-refractivity contribution is 1.21. The van der Waals surface area contributed by atoms with Crippen molar-refractivity contribution < 1.29 is 0 Å². The van der Waals surface area contributed by atoms with E-state index in [4.69, 9.17) is 29.9 Å². The quantitative estimate of drug-likeness (QED) is 0.228. The Morgan fingerprint density at radius 1 is 0.455 bits per heavy atom. The van der Waals surface area contributed by atoms with Crippen molar-refractivity contribution in [3.8, 4) is 56.4 Å². The van der Waals surface area contributed by atoms with Crippen molar-refractivity contribution in [3.05, 3.63) is 104 Å². The van der Waals surface area contributed by atoms with Crippen molar-refractivity contribution in [2.75, 3.05) is 0 Å². The minimum absolute atomic E-state index is 0.757. The van der Waals surface area contributed by atoms with Crippen LogP contribution in [0.5, 0.6) is 0 Å². The number of nitrogens with zero attached hydrogens (tertiary/aromatic N) is 7. The molecule has 10 rings (SSSR count). The van der Waals surface area contributed by atoms with Crippen molar-refractivity contribution >= 4 is 43.6 Å². The summed E-state index contributed by atoms with van der Waals surface area (Å²) in [6.07, 6.45) is 12.8. The average Bonchev–Trinajstić information content (AvgIpc) is 3.90. The summed E-state index contributed by atoms with van der Waals surface area (Å²) in [5, 5.41) is 4.62. The summed E-state index contributed by atoms with van der Waals surface area (Å²) in [4.78, 5) is 39.9. The molecule has 0 bridgehead atoms. The second-order valence-electron chi connectivity index (χ2n) is 10.9. The van der Waals surface area contributed by atoms with Crippen LogP contribution in [-0.2, 0) is 0 Å². The maximum atomic E-state index is 4.85. The van der Waals surface area contributed by atoms with Crippen LogP contribution < -0.4 is 0 Å². The molecule has 9 heteroatoms. The first kappa shape index (κ1) is 23.2. The van der Waals surface area contributed by atoms with Crippen molar-refractivity contribution in [2.24, 2.45) is 0 Å². The van der Waals surface area contributed by atoms with E-state index in [9.17, 15) is 0 Å². The molecule has 0 amide bonds. The van der Waals surface area contributed by atoms with Gasteiger partial charge in [0.25, 0.3) is 0 Å². The molecule has 6 aromatic heterocycles. The van der Waals surface area contributed by atoms with Crippen LogP contribution >= 0.6 is 0 Å². The first-order valence-electron chi connectivity index (χ1n) is 14.2. The Bertz CT molecular complexity index is 2410. The third-order valence-corrected chi connectivity index (χ3v) is 8.49. The van der Waals surface area contributed by atoms with Gasteiger partial charge in [0, 0.05) is 70.2 Å². The van der Waals surface area contributed by atoms with Crippen LogP contribution in [0.4, 0.5) is 0 Å². The molecule has 2 aliphatic rings. The smallest absolute Gasteiger partial charge is 0.116 e. The van der Waals surface area contributed by atoms with E-state index in [1.54, 1.807) is 6.33 Å². The van der Waals surface area contributed by atoms with Gasteiger partial charge in [-0.3, -0.25) is 15.0 Å². The van der Waals surface area contributed by atoms with Gasteiger partial charge in [0.15, 0.2) is 0 Å². The van der Waals surface area contributed by atoms with Crippen LogP contribution in [0.25, 0.3) is 100 Å². The van der Waals surface area contributed by atoms with Crippen molar-refractivity contribution in [1.82, 2.24) is 44.9 Å². The van der Waals surface area contributed by atoms with Gasteiger partial charge in [0.05, 0.1) is 44.8 Å². The number of pyridine rings is 4. The number of nitrogens with one attached hydrogen (secondary N) is 2. The second kappa shape index (κ2) is 8.59. The number of rotatable bonds is 4. The minimum Gasteiger partial charge on any atom is -0.359 e. The fourth-order valence-corrected chi connectivity index (χ4v) is 6.44. The van der Waals surface area contributed by atoms with Gasteiger partial charge in [0.1, 0.15) is 17.7 Å². The van der Waals surface area contributed by atoms with E-state index in [0.717, 1.165) is 89.3 Å². The Kier molecular flexibility index (Phi) is 4.54. The fourth-order valence-electron chi connectivity index (χ4n) is 6.44. The van der Waals surface area contributed by atoms with Gasteiger partial charge in [-0.25, -0.2) is 19.9 Å². The molecule has 0 atom stereocenters. The van der Waals surface area contributed by atoms with Gasteiger partial charge in [-0.05, 0) is 59.3 Å². The van der Waals surface area contributed by atoms with Gasteiger partial charge in [-0.2, -0.15) is 0 Å². The Labute approximate surface area is 248 Å². The summed E-state index contributed by atoms with van der Waals surface area (Å²) in [5.74, 6) is 0. The minimum atomic E-state index is 0.757. The van der Waals surface area contributed by atoms with Crippen molar-refractivity contribution in [2.45, 2.75) is 0 Å². The predicted octanol–water partition coefficient (Wildman–Crippen LogP) is 7.37. The molecule has 2 aliphatic heterocycles. The van der Waals surface area contributed by atoms with Gasteiger partial charge >= 0.3 is 0 Å². The van der Waals surface area contributed by atoms with Crippen LogP contribution in [0.3, 0.4) is 0 Å². The van der Waals surface area contributed by atoms with Crippen LogP contribution in [-0.4, -0.2) is 44.9 Å². The second-order valence-corrected chi connectivity index (χ2v) is 10.9. The van der Waals surface area contributed by atoms with Gasteiger partial charge in [0.2, 0.25) is 0 Å². The summed E-state index contributed by atoms with van der Waals surface area (Å²) in [6, 6.07) is 20.4.